The summed E-state index contributed by atoms with van der Waals surface area (Å²) in [6, 6.07) is 7.60. The molecule has 7 heteroatoms. The van der Waals surface area contributed by atoms with E-state index in [0.29, 0.717) is 39.0 Å². The highest BCUT2D eigenvalue weighted by Gasteiger charge is 2.32. The molecule has 0 spiro atoms. The van der Waals surface area contributed by atoms with Crippen LogP contribution >= 0.6 is 0 Å². The van der Waals surface area contributed by atoms with Crippen LogP contribution in [0.2, 0.25) is 0 Å². The van der Waals surface area contributed by atoms with Crippen molar-refractivity contribution in [3.8, 4) is 0 Å². The molecule has 1 atom stereocenters. The van der Waals surface area contributed by atoms with Crippen LogP contribution in [-0.2, 0) is 14.3 Å². The second-order valence-electron chi connectivity index (χ2n) is 8.02. The molecule has 1 N–H and O–H groups in total. The monoisotopic (exact) mass is 373 g/mol. The van der Waals surface area contributed by atoms with E-state index in [1.807, 2.05) is 45.0 Å². The lowest BCUT2D eigenvalue weighted by molar-refractivity contribution is -0.133. The van der Waals surface area contributed by atoms with Crippen molar-refractivity contribution < 1.29 is 19.1 Å². The Balaban J connectivity index is 1.48. The minimum atomic E-state index is -0.526. The highest BCUT2D eigenvalue weighted by molar-refractivity contribution is 6.03. The van der Waals surface area contributed by atoms with Crippen molar-refractivity contribution in [3.05, 3.63) is 29.8 Å². The maximum absolute atomic E-state index is 12.5. The second kappa shape index (κ2) is 7.58. The van der Waals surface area contributed by atoms with Gasteiger partial charge in [-0.05, 0) is 38.8 Å². The Morgan fingerprint density at radius 3 is 2.41 bits per heavy atom. The molecule has 2 aliphatic heterocycles. The van der Waals surface area contributed by atoms with E-state index in [1.54, 1.807) is 9.80 Å². The maximum atomic E-state index is 12.5. The number of para-hydroxylation sites is 1. The lowest BCUT2D eigenvalue weighted by Crippen LogP contribution is -2.51. The number of carbonyl (C=O) groups excluding carboxylic acids is 3. The third-order valence-corrected chi connectivity index (χ3v) is 4.84. The zero-order chi connectivity index (χ0) is 19.6. The van der Waals surface area contributed by atoms with Crippen LogP contribution in [0.5, 0.6) is 0 Å². The second-order valence-corrected chi connectivity index (χ2v) is 8.02. The number of nitrogens with zero attached hydrogens (tertiary/aromatic N) is 2. The van der Waals surface area contributed by atoms with Crippen LogP contribution in [0.25, 0.3) is 0 Å². The number of benzene rings is 1. The summed E-state index contributed by atoms with van der Waals surface area (Å²) >= 11 is 0. The number of anilines is 1. The SMILES string of the molecule is CC(C)(C)OC(=O)N1CCN(C(=O)CC[C@H]2C(=O)Nc3ccccc32)CC1. The van der Waals surface area contributed by atoms with Gasteiger partial charge in [-0.3, -0.25) is 9.59 Å². The molecule has 3 rings (SSSR count). The molecular weight excluding hydrogens is 346 g/mol. The summed E-state index contributed by atoms with van der Waals surface area (Å²) in [4.78, 5) is 40.2. The first-order chi connectivity index (χ1) is 12.7. The number of carbonyl (C=O) groups is 3. The maximum Gasteiger partial charge on any atom is 0.410 e. The fourth-order valence-corrected chi connectivity index (χ4v) is 3.45. The van der Waals surface area contributed by atoms with Gasteiger partial charge in [-0.25, -0.2) is 4.79 Å². The molecule has 146 valence electrons. The number of piperazine rings is 1. The van der Waals surface area contributed by atoms with Crippen molar-refractivity contribution in [2.45, 2.75) is 45.1 Å². The smallest absolute Gasteiger partial charge is 0.410 e. The molecule has 2 aliphatic rings. The summed E-state index contributed by atoms with van der Waals surface area (Å²) < 4.78 is 5.37. The molecule has 1 aromatic rings. The van der Waals surface area contributed by atoms with Gasteiger partial charge >= 0.3 is 6.09 Å². The number of nitrogens with one attached hydrogen (secondary N) is 1. The molecule has 0 aromatic heterocycles. The van der Waals surface area contributed by atoms with E-state index in [-0.39, 0.29) is 23.8 Å². The lowest BCUT2D eigenvalue weighted by Gasteiger charge is -2.35. The molecule has 7 nitrogen and oxygen atoms in total. The molecule has 1 fully saturated rings. The highest BCUT2D eigenvalue weighted by atomic mass is 16.6. The Hall–Kier alpha value is -2.57. The average molecular weight is 373 g/mol. The van der Waals surface area contributed by atoms with E-state index >= 15 is 0 Å². The third-order valence-electron chi connectivity index (χ3n) is 4.84. The minimum absolute atomic E-state index is 0.0241. The molecular formula is C20H27N3O4. The van der Waals surface area contributed by atoms with Crippen LogP contribution in [0.4, 0.5) is 10.5 Å². The van der Waals surface area contributed by atoms with Crippen molar-refractivity contribution in [3.63, 3.8) is 0 Å². The summed E-state index contributed by atoms with van der Waals surface area (Å²) in [6.45, 7) is 7.42. The van der Waals surface area contributed by atoms with Crippen molar-refractivity contribution in [2.24, 2.45) is 0 Å². The van der Waals surface area contributed by atoms with E-state index in [1.165, 1.54) is 0 Å². The molecule has 27 heavy (non-hydrogen) atoms. The van der Waals surface area contributed by atoms with Gasteiger partial charge in [0.05, 0.1) is 5.92 Å². The molecule has 0 radical (unpaired) electrons. The van der Waals surface area contributed by atoms with E-state index in [4.69, 9.17) is 4.74 Å². The summed E-state index contributed by atoms with van der Waals surface area (Å²) in [7, 11) is 0. The molecule has 3 amide bonds. The van der Waals surface area contributed by atoms with Gasteiger partial charge in [-0.1, -0.05) is 18.2 Å². The van der Waals surface area contributed by atoms with Gasteiger partial charge < -0.3 is 19.9 Å². The predicted octanol–water partition coefficient (Wildman–Crippen LogP) is 2.58. The van der Waals surface area contributed by atoms with Gasteiger partial charge in [0.2, 0.25) is 11.8 Å². The van der Waals surface area contributed by atoms with E-state index in [0.717, 1.165) is 11.3 Å². The zero-order valence-corrected chi connectivity index (χ0v) is 16.2. The molecule has 1 saturated heterocycles. The number of fused-ring (bicyclic) bond motifs is 1. The molecule has 0 unspecified atom stereocenters. The van der Waals surface area contributed by atoms with Gasteiger partial charge in [-0.15, -0.1) is 0 Å². The van der Waals surface area contributed by atoms with E-state index in [2.05, 4.69) is 5.32 Å². The topological polar surface area (TPSA) is 79.0 Å². The fourth-order valence-electron chi connectivity index (χ4n) is 3.45. The van der Waals surface area contributed by atoms with Crippen molar-refractivity contribution in [2.75, 3.05) is 31.5 Å². The molecule has 2 heterocycles. The van der Waals surface area contributed by atoms with Gasteiger partial charge in [0.25, 0.3) is 0 Å². The Morgan fingerprint density at radius 1 is 1.11 bits per heavy atom. The lowest BCUT2D eigenvalue weighted by atomic mass is 9.95. The van der Waals surface area contributed by atoms with Crippen LogP contribution < -0.4 is 5.32 Å². The fraction of sp³-hybridized carbons (Fsp3) is 0.550. The van der Waals surface area contributed by atoms with Crippen LogP contribution in [0.1, 0.15) is 45.1 Å². The Kier molecular flexibility index (Phi) is 5.39. The van der Waals surface area contributed by atoms with Crippen molar-refractivity contribution >= 4 is 23.6 Å². The normalized spacial score (nSPS) is 19.5. The minimum Gasteiger partial charge on any atom is -0.444 e. The van der Waals surface area contributed by atoms with Gasteiger partial charge in [0.1, 0.15) is 5.60 Å². The number of hydrogen-bond acceptors (Lipinski definition) is 4. The van der Waals surface area contributed by atoms with Crippen LogP contribution in [0.15, 0.2) is 24.3 Å². The highest BCUT2D eigenvalue weighted by Crippen LogP contribution is 2.35. The molecule has 0 saturated carbocycles. The first-order valence-corrected chi connectivity index (χ1v) is 9.40. The number of rotatable bonds is 3. The number of ether oxygens (including phenoxy) is 1. The quantitative estimate of drug-likeness (QED) is 0.883. The first-order valence-electron chi connectivity index (χ1n) is 9.40. The Labute approximate surface area is 159 Å². The molecule has 0 aliphatic carbocycles. The summed E-state index contributed by atoms with van der Waals surface area (Å²) in [5, 5.41) is 2.87. The largest absolute Gasteiger partial charge is 0.444 e. The molecule has 0 bridgehead atoms. The predicted molar refractivity (Wildman–Crippen MR) is 101 cm³/mol. The average Bonchev–Trinajstić information content (AvgIpc) is 2.93. The number of amides is 3. The van der Waals surface area contributed by atoms with Gasteiger partial charge in [-0.2, -0.15) is 0 Å². The van der Waals surface area contributed by atoms with Crippen LogP contribution in [-0.4, -0.2) is 59.5 Å². The summed E-state index contributed by atoms with van der Waals surface area (Å²) in [5.41, 5.74) is 1.28. The zero-order valence-electron chi connectivity index (χ0n) is 16.2. The van der Waals surface area contributed by atoms with Gasteiger partial charge in [0, 0.05) is 38.3 Å². The summed E-state index contributed by atoms with van der Waals surface area (Å²) in [5.74, 6) is -0.289. The van der Waals surface area contributed by atoms with Crippen LogP contribution in [0, 0.1) is 0 Å². The van der Waals surface area contributed by atoms with Crippen molar-refractivity contribution in [1.82, 2.24) is 9.80 Å². The standard InChI is InChI=1S/C20H27N3O4/c1-20(2,3)27-19(26)23-12-10-22(11-13-23)17(24)9-8-15-14-6-4-5-7-16(14)21-18(15)25/h4-7,15H,8-13H2,1-3H3,(H,21,25)/t15-/m1/s1. The third kappa shape index (κ3) is 4.59. The van der Waals surface area contributed by atoms with Crippen molar-refractivity contribution in [1.29, 1.82) is 0 Å². The summed E-state index contributed by atoms with van der Waals surface area (Å²) in [6.07, 6.45) is 0.473. The Bertz CT molecular complexity index is 733. The van der Waals surface area contributed by atoms with E-state index < -0.39 is 5.60 Å². The Morgan fingerprint density at radius 2 is 1.74 bits per heavy atom. The number of hydrogen-bond donors (Lipinski definition) is 1. The molecule has 1 aromatic carbocycles. The first kappa shape index (κ1) is 19.2. The van der Waals surface area contributed by atoms with Gasteiger partial charge in [0.15, 0.2) is 0 Å². The van der Waals surface area contributed by atoms with Crippen LogP contribution in [0.3, 0.4) is 0 Å². The van der Waals surface area contributed by atoms with E-state index in [9.17, 15) is 14.4 Å².